The number of hydrogen-bond donors (Lipinski definition) is 3. The maximum atomic E-state index is 11.4. The van der Waals surface area contributed by atoms with Crippen molar-refractivity contribution in [1.82, 2.24) is 15.5 Å². The van der Waals surface area contributed by atoms with Crippen LogP contribution in [0.2, 0.25) is 0 Å². The number of nitrogens with one attached hydrogen (secondary N) is 2. The number of carbonyl (C=O) groups is 1. The van der Waals surface area contributed by atoms with Gasteiger partial charge in [0.2, 0.25) is 5.13 Å². The lowest BCUT2D eigenvalue weighted by molar-refractivity contribution is 0.229. The average molecular weight is 258 g/mol. The van der Waals surface area contributed by atoms with E-state index < -0.39 is 0 Å². The average Bonchev–Trinajstić information content (AvgIpc) is 2.63. The van der Waals surface area contributed by atoms with E-state index in [9.17, 15) is 4.79 Å². The van der Waals surface area contributed by atoms with Crippen LogP contribution in [0, 0.1) is 5.92 Å². The van der Waals surface area contributed by atoms with Crippen molar-refractivity contribution < 1.29 is 9.90 Å². The van der Waals surface area contributed by atoms with Crippen LogP contribution in [0.1, 0.15) is 25.8 Å². The van der Waals surface area contributed by atoms with E-state index in [0.717, 1.165) is 11.4 Å². The summed E-state index contributed by atoms with van der Waals surface area (Å²) in [4.78, 5) is 11.4. The summed E-state index contributed by atoms with van der Waals surface area (Å²) in [5.74, 6) is 0.513. The van der Waals surface area contributed by atoms with Crippen molar-refractivity contribution in [2.75, 3.05) is 11.9 Å². The summed E-state index contributed by atoms with van der Waals surface area (Å²) in [5, 5.41) is 23.2. The fourth-order valence-corrected chi connectivity index (χ4v) is 2.09. The van der Waals surface area contributed by atoms with Gasteiger partial charge in [0.15, 0.2) is 0 Å². The molecule has 0 radical (unpaired) electrons. The molecule has 1 aromatic rings. The van der Waals surface area contributed by atoms with Crippen molar-refractivity contribution >= 4 is 22.5 Å². The van der Waals surface area contributed by atoms with Crippen LogP contribution in [0.25, 0.3) is 0 Å². The van der Waals surface area contributed by atoms with Crippen molar-refractivity contribution in [3.05, 3.63) is 5.01 Å². The number of carbonyl (C=O) groups excluding carboxylic acids is 1. The van der Waals surface area contributed by atoms with E-state index in [-0.39, 0.29) is 18.7 Å². The molecule has 0 saturated heterocycles. The van der Waals surface area contributed by atoms with Crippen molar-refractivity contribution in [2.24, 2.45) is 5.92 Å². The summed E-state index contributed by atoms with van der Waals surface area (Å²) in [5.41, 5.74) is 0. The highest BCUT2D eigenvalue weighted by Crippen LogP contribution is 2.17. The number of aliphatic hydroxyl groups excluding tert-OH is 1. The Morgan fingerprint density at radius 2 is 2.12 bits per heavy atom. The number of amides is 2. The molecule has 0 aliphatic heterocycles. The van der Waals surface area contributed by atoms with E-state index in [0.29, 0.717) is 11.0 Å². The third-order valence-corrected chi connectivity index (χ3v) is 2.78. The summed E-state index contributed by atoms with van der Waals surface area (Å²) < 4.78 is 0. The number of aliphatic hydroxyl groups is 1. The lowest BCUT2D eigenvalue weighted by Crippen LogP contribution is -2.38. The van der Waals surface area contributed by atoms with Crippen LogP contribution < -0.4 is 10.6 Å². The molecule has 0 aliphatic carbocycles. The fraction of sp³-hybridized carbons (Fsp3) is 0.700. The zero-order chi connectivity index (χ0) is 12.8. The second kappa shape index (κ2) is 6.51. The Labute approximate surface area is 104 Å². The van der Waals surface area contributed by atoms with E-state index in [1.807, 2.05) is 0 Å². The molecule has 2 amide bonds. The first-order valence-corrected chi connectivity index (χ1v) is 6.33. The summed E-state index contributed by atoms with van der Waals surface area (Å²) >= 11 is 1.37. The molecule has 1 rings (SSSR count). The summed E-state index contributed by atoms with van der Waals surface area (Å²) in [7, 11) is 0. The smallest absolute Gasteiger partial charge is 0.321 e. The maximum absolute atomic E-state index is 11.4. The molecule has 0 saturated carbocycles. The van der Waals surface area contributed by atoms with Crippen LogP contribution in [-0.2, 0) is 6.42 Å². The van der Waals surface area contributed by atoms with E-state index in [1.54, 1.807) is 6.92 Å². The van der Waals surface area contributed by atoms with Crippen molar-refractivity contribution in [3.8, 4) is 0 Å². The molecule has 7 heteroatoms. The first-order valence-electron chi connectivity index (χ1n) is 5.52. The van der Waals surface area contributed by atoms with Gasteiger partial charge in [-0.25, -0.2) is 4.79 Å². The number of anilines is 1. The number of rotatable bonds is 5. The summed E-state index contributed by atoms with van der Waals surface area (Å²) in [6.45, 7) is 5.82. The number of nitrogens with zero attached hydrogens (tertiary/aromatic N) is 2. The Kier molecular flexibility index (Phi) is 5.30. The predicted molar refractivity (Wildman–Crippen MR) is 67.2 cm³/mol. The molecule has 17 heavy (non-hydrogen) atoms. The van der Waals surface area contributed by atoms with Gasteiger partial charge in [-0.1, -0.05) is 25.2 Å². The third-order valence-electron chi connectivity index (χ3n) is 1.92. The minimum Gasteiger partial charge on any atom is -0.394 e. The quantitative estimate of drug-likeness (QED) is 0.741. The minimum absolute atomic E-state index is 0.0951. The molecule has 6 nitrogen and oxygen atoms in total. The van der Waals surface area contributed by atoms with Crippen molar-refractivity contribution in [3.63, 3.8) is 0 Å². The molecule has 0 aliphatic rings. The normalized spacial score (nSPS) is 12.5. The van der Waals surface area contributed by atoms with Gasteiger partial charge in [0.25, 0.3) is 0 Å². The predicted octanol–water partition coefficient (Wildman–Crippen LogP) is 1.24. The standard InChI is InChI=1S/C10H18N4O2S/c1-6(2)4-8-13-14-10(17-8)12-9(16)11-7(3)5-15/h6-7,15H,4-5H2,1-3H3,(H2,11,12,14,16). The first kappa shape index (κ1) is 13.9. The molecule has 1 aromatic heterocycles. The maximum Gasteiger partial charge on any atom is 0.321 e. The van der Waals surface area contributed by atoms with E-state index in [2.05, 4.69) is 34.7 Å². The second-order valence-corrected chi connectivity index (χ2v) is 5.34. The van der Waals surface area contributed by atoms with Gasteiger partial charge < -0.3 is 10.4 Å². The van der Waals surface area contributed by atoms with Gasteiger partial charge >= 0.3 is 6.03 Å². The topological polar surface area (TPSA) is 87.1 Å². The van der Waals surface area contributed by atoms with Gasteiger partial charge in [0, 0.05) is 6.42 Å². The van der Waals surface area contributed by atoms with Crippen molar-refractivity contribution in [2.45, 2.75) is 33.2 Å². The molecule has 0 fully saturated rings. The molecule has 1 atom stereocenters. The minimum atomic E-state index is -0.376. The monoisotopic (exact) mass is 258 g/mol. The van der Waals surface area contributed by atoms with E-state index in [1.165, 1.54) is 11.3 Å². The molecule has 96 valence electrons. The Hall–Kier alpha value is -1.21. The lowest BCUT2D eigenvalue weighted by Gasteiger charge is -2.09. The Bertz CT molecular complexity index is 367. The van der Waals surface area contributed by atoms with E-state index >= 15 is 0 Å². The number of aromatic nitrogens is 2. The molecule has 0 bridgehead atoms. The summed E-state index contributed by atoms with van der Waals surface area (Å²) in [6.07, 6.45) is 0.855. The Balaban J connectivity index is 2.46. The molecular weight excluding hydrogens is 240 g/mol. The molecule has 0 spiro atoms. The van der Waals surface area contributed by atoms with Gasteiger partial charge in [0.05, 0.1) is 12.6 Å². The SMILES string of the molecule is CC(C)Cc1nnc(NC(=O)NC(C)CO)s1. The highest BCUT2D eigenvalue weighted by atomic mass is 32.1. The third kappa shape index (κ3) is 5.10. The van der Waals surface area contributed by atoms with Crippen molar-refractivity contribution in [1.29, 1.82) is 0 Å². The van der Waals surface area contributed by atoms with Crippen LogP contribution in [0.15, 0.2) is 0 Å². The highest BCUT2D eigenvalue weighted by Gasteiger charge is 2.10. The van der Waals surface area contributed by atoms with Gasteiger partial charge in [-0.2, -0.15) is 0 Å². The van der Waals surface area contributed by atoms with Crippen LogP contribution in [0.3, 0.4) is 0 Å². The Morgan fingerprint density at radius 3 is 2.71 bits per heavy atom. The first-order chi connectivity index (χ1) is 8.01. The zero-order valence-corrected chi connectivity index (χ0v) is 11.0. The van der Waals surface area contributed by atoms with Crippen LogP contribution in [-0.4, -0.2) is 34.0 Å². The summed E-state index contributed by atoms with van der Waals surface area (Å²) in [6, 6.07) is -0.656. The largest absolute Gasteiger partial charge is 0.394 e. The van der Waals surface area contributed by atoms with Gasteiger partial charge in [-0.05, 0) is 12.8 Å². The molecular formula is C10H18N4O2S. The zero-order valence-electron chi connectivity index (χ0n) is 10.2. The van der Waals surface area contributed by atoms with Crippen LogP contribution in [0.4, 0.5) is 9.93 Å². The van der Waals surface area contributed by atoms with Gasteiger partial charge in [-0.15, -0.1) is 10.2 Å². The fourth-order valence-electron chi connectivity index (χ4n) is 1.14. The second-order valence-electron chi connectivity index (χ2n) is 4.28. The number of urea groups is 1. The molecule has 3 N–H and O–H groups in total. The van der Waals surface area contributed by atoms with E-state index in [4.69, 9.17) is 5.11 Å². The number of hydrogen-bond acceptors (Lipinski definition) is 5. The molecule has 1 unspecified atom stereocenters. The molecule has 0 aromatic carbocycles. The van der Waals surface area contributed by atoms with Crippen LogP contribution in [0.5, 0.6) is 0 Å². The molecule has 1 heterocycles. The highest BCUT2D eigenvalue weighted by molar-refractivity contribution is 7.15. The van der Waals surface area contributed by atoms with Crippen LogP contribution >= 0.6 is 11.3 Å². The van der Waals surface area contributed by atoms with Gasteiger partial charge in [0.1, 0.15) is 5.01 Å². The Morgan fingerprint density at radius 1 is 1.41 bits per heavy atom. The lowest BCUT2D eigenvalue weighted by atomic mass is 10.1. The van der Waals surface area contributed by atoms with Gasteiger partial charge in [-0.3, -0.25) is 5.32 Å².